The maximum Gasteiger partial charge on any atom is 0.227 e. The van der Waals surface area contributed by atoms with Crippen LogP contribution >= 0.6 is 0 Å². The van der Waals surface area contributed by atoms with Crippen LogP contribution in [0, 0.1) is 0 Å². The maximum atomic E-state index is 12.1. The third-order valence-corrected chi connectivity index (χ3v) is 3.33. The fraction of sp³-hybridized carbons (Fsp3) is 0.462. The number of hydrogen-bond donors (Lipinski definition) is 3. The van der Waals surface area contributed by atoms with Crippen molar-refractivity contribution in [1.29, 1.82) is 0 Å². The number of likely N-dealkylation sites (N-methyl/N-ethyl adjacent to an activating group) is 1. The zero-order valence-electron chi connectivity index (χ0n) is 10.3. The van der Waals surface area contributed by atoms with Gasteiger partial charge in [-0.05, 0) is 17.7 Å². The first-order chi connectivity index (χ1) is 8.58. The highest BCUT2D eigenvalue weighted by molar-refractivity contribution is 5.79. The number of aliphatic hydroxyl groups is 1. The van der Waals surface area contributed by atoms with Crippen LogP contribution in [-0.4, -0.2) is 53.3 Å². The third kappa shape index (κ3) is 2.80. The second kappa shape index (κ2) is 5.37. The van der Waals surface area contributed by atoms with Crippen LogP contribution < -0.4 is 5.32 Å². The Morgan fingerprint density at radius 3 is 2.61 bits per heavy atom. The number of carbonyl (C=O) groups is 1. The number of aromatic hydroxyl groups is 1. The number of benzene rings is 1. The number of carbonyl (C=O) groups excluding carboxylic acids is 1. The molecule has 98 valence electrons. The van der Waals surface area contributed by atoms with Crippen LogP contribution in [0.1, 0.15) is 5.56 Å². The molecule has 0 aliphatic carbocycles. The van der Waals surface area contributed by atoms with Gasteiger partial charge in [-0.25, -0.2) is 0 Å². The van der Waals surface area contributed by atoms with E-state index in [1.807, 2.05) is 0 Å². The lowest BCUT2D eigenvalue weighted by molar-refractivity contribution is -0.132. The Hall–Kier alpha value is -1.59. The van der Waals surface area contributed by atoms with E-state index < -0.39 is 6.10 Å². The Balaban J connectivity index is 1.97. The average Bonchev–Trinajstić information content (AvgIpc) is 2.77. The quantitative estimate of drug-likeness (QED) is 0.690. The summed E-state index contributed by atoms with van der Waals surface area (Å²) in [5.41, 5.74) is 0.852. The first-order valence-electron chi connectivity index (χ1n) is 6.00. The van der Waals surface area contributed by atoms with E-state index in [9.17, 15) is 15.0 Å². The van der Waals surface area contributed by atoms with E-state index in [2.05, 4.69) is 5.32 Å². The molecule has 1 saturated heterocycles. The predicted octanol–water partition coefficient (Wildman–Crippen LogP) is -0.274. The van der Waals surface area contributed by atoms with Gasteiger partial charge in [0.25, 0.3) is 0 Å². The largest absolute Gasteiger partial charge is 0.508 e. The van der Waals surface area contributed by atoms with Gasteiger partial charge in [-0.3, -0.25) is 4.79 Å². The summed E-state index contributed by atoms with van der Waals surface area (Å²) < 4.78 is 0. The van der Waals surface area contributed by atoms with Crippen molar-refractivity contribution in [3.63, 3.8) is 0 Å². The number of aliphatic hydroxyl groups excluding tert-OH is 1. The third-order valence-electron chi connectivity index (χ3n) is 3.33. The van der Waals surface area contributed by atoms with Crippen molar-refractivity contribution in [3.05, 3.63) is 29.8 Å². The van der Waals surface area contributed by atoms with Crippen molar-refractivity contribution in [2.24, 2.45) is 0 Å². The molecular formula is C13H18N2O3. The van der Waals surface area contributed by atoms with Gasteiger partial charge in [0, 0.05) is 20.1 Å². The van der Waals surface area contributed by atoms with E-state index in [0.29, 0.717) is 13.1 Å². The summed E-state index contributed by atoms with van der Waals surface area (Å²) in [6, 6.07) is 6.42. The molecule has 0 bridgehead atoms. The summed E-state index contributed by atoms with van der Waals surface area (Å²) in [5, 5.41) is 21.9. The van der Waals surface area contributed by atoms with E-state index in [1.54, 1.807) is 36.2 Å². The number of β-amino-alcohol motifs (C(OH)–C–C–N with tert-alkyl or cyclic N) is 1. The van der Waals surface area contributed by atoms with E-state index in [0.717, 1.165) is 5.56 Å². The SMILES string of the molecule is CN(C(=O)Cc1ccc(O)cc1)[C@H]1CNC[C@@H]1O. The fourth-order valence-corrected chi connectivity index (χ4v) is 2.14. The molecule has 5 heteroatoms. The van der Waals surface area contributed by atoms with E-state index in [4.69, 9.17) is 0 Å². The summed E-state index contributed by atoms with van der Waals surface area (Å²) in [5.74, 6) is 0.156. The van der Waals surface area contributed by atoms with E-state index >= 15 is 0 Å². The van der Waals surface area contributed by atoms with Crippen LogP contribution in [0.5, 0.6) is 5.75 Å². The number of rotatable bonds is 3. The molecule has 18 heavy (non-hydrogen) atoms. The highest BCUT2D eigenvalue weighted by atomic mass is 16.3. The van der Waals surface area contributed by atoms with Gasteiger partial charge in [-0.2, -0.15) is 0 Å². The van der Waals surface area contributed by atoms with Crippen molar-refractivity contribution in [3.8, 4) is 5.75 Å². The molecule has 1 aliphatic rings. The molecule has 0 unspecified atom stereocenters. The lowest BCUT2D eigenvalue weighted by Gasteiger charge is -2.26. The highest BCUT2D eigenvalue weighted by Crippen LogP contribution is 2.13. The molecule has 1 aromatic carbocycles. The van der Waals surface area contributed by atoms with Crippen LogP contribution in [0.25, 0.3) is 0 Å². The first kappa shape index (κ1) is 12.9. The highest BCUT2D eigenvalue weighted by Gasteiger charge is 2.30. The molecule has 1 amide bonds. The summed E-state index contributed by atoms with van der Waals surface area (Å²) in [4.78, 5) is 13.6. The minimum absolute atomic E-state index is 0.0339. The fourth-order valence-electron chi connectivity index (χ4n) is 2.14. The molecule has 1 aliphatic heterocycles. The van der Waals surface area contributed by atoms with Crippen LogP contribution in [0.2, 0.25) is 0 Å². The minimum atomic E-state index is -0.501. The Morgan fingerprint density at radius 1 is 1.39 bits per heavy atom. The molecular weight excluding hydrogens is 232 g/mol. The molecule has 1 heterocycles. The zero-order valence-corrected chi connectivity index (χ0v) is 10.3. The number of amides is 1. The van der Waals surface area contributed by atoms with Gasteiger partial charge in [0.15, 0.2) is 0 Å². The van der Waals surface area contributed by atoms with Crippen molar-refractivity contribution in [2.75, 3.05) is 20.1 Å². The Labute approximate surface area is 106 Å². The number of phenolic OH excluding ortho intramolecular Hbond substituents is 1. The minimum Gasteiger partial charge on any atom is -0.508 e. The second-order valence-corrected chi connectivity index (χ2v) is 4.64. The van der Waals surface area contributed by atoms with Gasteiger partial charge >= 0.3 is 0 Å². The van der Waals surface area contributed by atoms with Gasteiger partial charge in [0.2, 0.25) is 5.91 Å². The zero-order chi connectivity index (χ0) is 13.1. The van der Waals surface area contributed by atoms with E-state index in [1.165, 1.54) is 0 Å². The lowest BCUT2D eigenvalue weighted by atomic mass is 10.1. The monoisotopic (exact) mass is 250 g/mol. The summed E-state index contributed by atoms with van der Waals surface area (Å²) >= 11 is 0. The van der Waals surface area contributed by atoms with Gasteiger partial charge in [-0.1, -0.05) is 12.1 Å². The van der Waals surface area contributed by atoms with E-state index in [-0.39, 0.29) is 24.1 Å². The normalized spacial score (nSPS) is 23.0. The van der Waals surface area contributed by atoms with Crippen molar-refractivity contribution in [1.82, 2.24) is 10.2 Å². The second-order valence-electron chi connectivity index (χ2n) is 4.64. The molecule has 0 saturated carbocycles. The Kier molecular flexibility index (Phi) is 3.84. The van der Waals surface area contributed by atoms with Gasteiger partial charge in [-0.15, -0.1) is 0 Å². The number of phenols is 1. The lowest BCUT2D eigenvalue weighted by Crippen LogP contribution is -2.44. The van der Waals surface area contributed by atoms with Crippen LogP contribution in [-0.2, 0) is 11.2 Å². The van der Waals surface area contributed by atoms with Crippen LogP contribution in [0.4, 0.5) is 0 Å². The smallest absolute Gasteiger partial charge is 0.227 e. The molecule has 0 radical (unpaired) electrons. The molecule has 5 nitrogen and oxygen atoms in total. The van der Waals surface area contributed by atoms with Crippen LogP contribution in [0.15, 0.2) is 24.3 Å². The Bertz CT molecular complexity index is 419. The Morgan fingerprint density at radius 2 is 2.06 bits per heavy atom. The molecule has 0 aromatic heterocycles. The van der Waals surface area contributed by atoms with Crippen molar-refractivity contribution < 1.29 is 15.0 Å². The van der Waals surface area contributed by atoms with Gasteiger partial charge in [0.1, 0.15) is 5.75 Å². The first-order valence-corrected chi connectivity index (χ1v) is 6.00. The predicted molar refractivity (Wildman–Crippen MR) is 67.2 cm³/mol. The summed E-state index contributed by atoms with van der Waals surface area (Å²) in [6.07, 6.45) is -0.223. The molecule has 2 atom stereocenters. The topological polar surface area (TPSA) is 72.8 Å². The average molecular weight is 250 g/mol. The standard InChI is InChI=1S/C13H18N2O3/c1-15(11-7-14-8-12(11)17)13(18)6-9-2-4-10(16)5-3-9/h2-5,11-12,14,16-17H,6-8H2,1H3/t11-,12-/m0/s1. The van der Waals surface area contributed by atoms with Gasteiger partial charge < -0.3 is 20.4 Å². The number of nitrogens with zero attached hydrogens (tertiary/aromatic N) is 1. The molecule has 1 fully saturated rings. The number of nitrogens with one attached hydrogen (secondary N) is 1. The number of hydrogen-bond acceptors (Lipinski definition) is 4. The van der Waals surface area contributed by atoms with Gasteiger partial charge in [0.05, 0.1) is 18.6 Å². The summed E-state index contributed by atoms with van der Waals surface area (Å²) in [7, 11) is 1.71. The summed E-state index contributed by atoms with van der Waals surface area (Å²) in [6.45, 7) is 1.15. The maximum absolute atomic E-state index is 12.1. The molecule has 0 spiro atoms. The van der Waals surface area contributed by atoms with Crippen LogP contribution in [0.3, 0.4) is 0 Å². The molecule has 1 aromatic rings. The van der Waals surface area contributed by atoms with Crippen molar-refractivity contribution >= 4 is 5.91 Å². The van der Waals surface area contributed by atoms with Crippen molar-refractivity contribution in [2.45, 2.75) is 18.6 Å². The molecule has 3 N–H and O–H groups in total. The molecule has 2 rings (SSSR count).